The third kappa shape index (κ3) is 3.76. The van der Waals surface area contributed by atoms with E-state index >= 15 is 0 Å². The molecule has 0 aliphatic rings. The monoisotopic (exact) mass is 392 g/mol. The van der Waals surface area contributed by atoms with Gasteiger partial charge in [0.2, 0.25) is 0 Å². The molecule has 0 N–H and O–H groups in total. The minimum Gasteiger partial charge on any atom is -0.496 e. The van der Waals surface area contributed by atoms with Crippen LogP contribution in [0.3, 0.4) is 0 Å². The third-order valence-electron chi connectivity index (χ3n) is 4.71. The fourth-order valence-electron chi connectivity index (χ4n) is 3.45. The van der Waals surface area contributed by atoms with E-state index in [0.717, 1.165) is 27.7 Å². The molecule has 0 aliphatic heterocycles. The average Bonchev–Trinajstić information content (AvgIpc) is 3.03. The fourth-order valence-corrected chi connectivity index (χ4v) is 3.45. The number of fused-ring (bicyclic) bond motifs is 1. The number of pyridine rings is 1. The van der Waals surface area contributed by atoms with E-state index in [1.165, 1.54) is 6.20 Å². The third-order valence-corrected chi connectivity index (χ3v) is 4.71. The highest BCUT2D eigenvalue weighted by Gasteiger charge is 2.19. The lowest BCUT2D eigenvalue weighted by Crippen LogP contribution is -2.25. The van der Waals surface area contributed by atoms with Crippen molar-refractivity contribution in [2.24, 2.45) is 9.98 Å². The summed E-state index contributed by atoms with van der Waals surface area (Å²) in [7, 11) is 1.60. The number of aryl methyl sites for hydroxylation is 3. The van der Waals surface area contributed by atoms with Gasteiger partial charge in [-0.2, -0.15) is 0 Å². The molecule has 7 nitrogen and oxygen atoms in total. The predicted octanol–water partition coefficient (Wildman–Crippen LogP) is 4.22. The maximum atomic E-state index is 12.9. The predicted molar refractivity (Wildman–Crippen MR) is 116 cm³/mol. The standard InChI is InChI=1S/C22H24N4O3/c1-7-23-20(24-8-2)12-26-18-11-19(28-6)17(21-14(4)25-29-15(21)5)10-16(18)9-13(3)22(26)27/h7-11H,1,12H2,2-6H3. The Morgan fingerprint density at radius 3 is 2.66 bits per heavy atom. The molecule has 3 rings (SSSR count). The number of ether oxygens (including phenoxy) is 1. The van der Waals surface area contributed by atoms with Crippen molar-refractivity contribution in [3.8, 4) is 16.9 Å². The molecule has 7 heteroatoms. The van der Waals surface area contributed by atoms with Crippen LogP contribution in [0.5, 0.6) is 5.75 Å². The zero-order valence-electron chi connectivity index (χ0n) is 17.3. The lowest BCUT2D eigenvalue weighted by Gasteiger charge is -2.15. The number of benzene rings is 1. The SMILES string of the molecule is C=CN=C(Cn1c(=O)c(C)cc2cc(-c3c(C)noc3C)c(OC)cc21)N=CC. The van der Waals surface area contributed by atoms with Crippen molar-refractivity contribution in [2.45, 2.75) is 34.2 Å². The minimum absolute atomic E-state index is 0.104. The van der Waals surface area contributed by atoms with Gasteiger partial charge in [-0.15, -0.1) is 0 Å². The first-order valence-corrected chi connectivity index (χ1v) is 9.23. The first-order valence-electron chi connectivity index (χ1n) is 9.23. The number of aromatic nitrogens is 2. The normalized spacial score (nSPS) is 12.1. The van der Waals surface area contributed by atoms with Gasteiger partial charge in [0.25, 0.3) is 5.56 Å². The van der Waals surface area contributed by atoms with Gasteiger partial charge in [0.1, 0.15) is 17.3 Å². The van der Waals surface area contributed by atoms with E-state index in [0.29, 0.717) is 22.9 Å². The van der Waals surface area contributed by atoms with Gasteiger partial charge >= 0.3 is 0 Å². The van der Waals surface area contributed by atoms with Crippen LogP contribution in [0.15, 0.2) is 50.3 Å². The molecule has 0 amide bonds. The van der Waals surface area contributed by atoms with Crippen molar-refractivity contribution < 1.29 is 9.26 Å². The van der Waals surface area contributed by atoms with Crippen molar-refractivity contribution in [3.63, 3.8) is 0 Å². The van der Waals surface area contributed by atoms with Crippen LogP contribution in [0, 0.1) is 20.8 Å². The van der Waals surface area contributed by atoms with Gasteiger partial charge in [-0.1, -0.05) is 11.7 Å². The first kappa shape index (κ1) is 20.3. The van der Waals surface area contributed by atoms with E-state index in [1.54, 1.807) is 31.7 Å². The van der Waals surface area contributed by atoms with Crippen LogP contribution in [0.2, 0.25) is 0 Å². The van der Waals surface area contributed by atoms with Gasteiger partial charge in [-0.05, 0) is 45.2 Å². The maximum Gasteiger partial charge on any atom is 0.254 e. The summed E-state index contributed by atoms with van der Waals surface area (Å²) in [4.78, 5) is 21.3. The van der Waals surface area contributed by atoms with Crippen molar-refractivity contribution in [3.05, 3.63) is 58.3 Å². The summed E-state index contributed by atoms with van der Waals surface area (Å²) in [5.41, 5.74) is 3.80. The Bertz CT molecular complexity index is 1180. The Kier molecular flexibility index (Phi) is 5.77. The lowest BCUT2D eigenvalue weighted by atomic mass is 10.00. The zero-order chi connectivity index (χ0) is 21.1. The minimum atomic E-state index is -0.104. The Labute approximate surface area is 169 Å². The second-order valence-electron chi connectivity index (χ2n) is 6.64. The smallest absolute Gasteiger partial charge is 0.254 e. The Hall–Kier alpha value is -3.48. The summed E-state index contributed by atoms with van der Waals surface area (Å²) >= 11 is 0. The van der Waals surface area contributed by atoms with E-state index in [-0.39, 0.29) is 12.1 Å². The second kappa shape index (κ2) is 8.26. The van der Waals surface area contributed by atoms with E-state index in [1.807, 2.05) is 32.0 Å². The molecule has 3 aromatic rings. The average molecular weight is 392 g/mol. The van der Waals surface area contributed by atoms with E-state index < -0.39 is 0 Å². The van der Waals surface area contributed by atoms with E-state index in [2.05, 4.69) is 21.7 Å². The molecule has 2 aromatic heterocycles. The molecule has 0 fully saturated rings. The first-order chi connectivity index (χ1) is 13.9. The van der Waals surface area contributed by atoms with Crippen molar-refractivity contribution in [2.75, 3.05) is 7.11 Å². The molecule has 1 aromatic carbocycles. The Morgan fingerprint density at radius 1 is 1.31 bits per heavy atom. The Morgan fingerprint density at radius 2 is 2.07 bits per heavy atom. The number of amidine groups is 1. The van der Waals surface area contributed by atoms with Crippen LogP contribution < -0.4 is 10.3 Å². The van der Waals surface area contributed by atoms with Gasteiger partial charge < -0.3 is 13.8 Å². The fraction of sp³-hybridized carbons (Fsp3) is 0.273. The lowest BCUT2D eigenvalue weighted by molar-refractivity contribution is 0.393. The Balaban J connectivity index is 2.31. The van der Waals surface area contributed by atoms with Crippen LogP contribution in [-0.2, 0) is 6.54 Å². The van der Waals surface area contributed by atoms with E-state index in [9.17, 15) is 4.79 Å². The molecule has 2 heterocycles. The molecule has 0 saturated carbocycles. The van der Waals surface area contributed by atoms with Crippen molar-refractivity contribution in [1.29, 1.82) is 0 Å². The van der Waals surface area contributed by atoms with Crippen LogP contribution in [0.25, 0.3) is 22.0 Å². The molecule has 0 bridgehead atoms. The quantitative estimate of drug-likeness (QED) is 0.481. The number of methoxy groups -OCH3 is 1. The maximum absolute atomic E-state index is 12.9. The molecule has 150 valence electrons. The highest BCUT2D eigenvalue weighted by molar-refractivity contribution is 5.93. The molecule has 0 radical (unpaired) electrons. The summed E-state index contributed by atoms with van der Waals surface area (Å²) in [6, 6.07) is 5.73. The molecule has 0 saturated heterocycles. The zero-order valence-corrected chi connectivity index (χ0v) is 17.3. The van der Waals surface area contributed by atoms with Gasteiger partial charge in [-0.3, -0.25) is 4.79 Å². The van der Waals surface area contributed by atoms with Gasteiger partial charge in [0.15, 0.2) is 0 Å². The van der Waals surface area contributed by atoms with Crippen LogP contribution >= 0.6 is 0 Å². The molecule has 0 spiro atoms. The van der Waals surface area contributed by atoms with Crippen LogP contribution in [0.1, 0.15) is 23.9 Å². The number of rotatable bonds is 5. The summed E-state index contributed by atoms with van der Waals surface area (Å²) in [6.07, 6.45) is 3.06. The van der Waals surface area contributed by atoms with Gasteiger partial charge in [0.05, 0.1) is 30.4 Å². The largest absolute Gasteiger partial charge is 0.496 e. The van der Waals surface area contributed by atoms with Crippen LogP contribution in [0.4, 0.5) is 0 Å². The highest BCUT2D eigenvalue weighted by Crippen LogP contribution is 2.37. The van der Waals surface area contributed by atoms with Gasteiger partial charge in [-0.25, -0.2) is 9.98 Å². The number of hydrogen-bond acceptors (Lipinski definition) is 5. The van der Waals surface area contributed by atoms with Crippen molar-refractivity contribution in [1.82, 2.24) is 9.72 Å². The van der Waals surface area contributed by atoms with Crippen molar-refractivity contribution >= 4 is 23.0 Å². The summed E-state index contributed by atoms with van der Waals surface area (Å²) in [5.74, 6) is 1.83. The number of nitrogens with zero attached hydrogens (tertiary/aromatic N) is 4. The highest BCUT2D eigenvalue weighted by atomic mass is 16.5. The number of hydrogen-bond donors (Lipinski definition) is 0. The molecular weight excluding hydrogens is 368 g/mol. The molecule has 0 aliphatic carbocycles. The van der Waals surface area contributed by atoms with E-state index in [4.69, 9.17) is 9.26 Å². The van der Waals surface area contributed by atoms with Crippen LogP contribution in [-0.4, -0.2) is 28.9 Å². The summed E-state index contributed by atoms with van der Waals surface area (Å²) in [5, 5.41) is 4.95. The number of aliphatic imine (C=N–C) groups is 2. The second-order valence-corrected chi connectivity index (χ2v) is 6.64. The topological polar surface area (TPSA) is 82.0 Å². The molecular formula is C22H24N4O3. The summed E-state index contributed by atoms with van der Waals surface area (Å²) in [6.45, 7) is 11.2. The molecule has 0 atom stereocenters. The summed E-state index contributed by atoms with van der Waals surface area (Å²) < 4.78 is 12.6. The molecule has 29 heavy (non-hydrogen) atoms. The van der Waals surface area contributed by atoms with Gasteiger partial charge in [0, 0.05) is 29.6 Å². The molecule has 0 unspecified atom stereocenters.